The van der Waals surface area contributed by atoms with Crippen LogP contribution in [0.2, 0.25) is 5.02 Å². The second-order valence-corrected chi connectivity index (χ2v) is 5.82. The van der Waals surface area contributed by atoms with Crippen molar-refractivity contribution in [3.8, 4) is 11.1 Å². The van der Waals surface area contributed by atoms with Crippen molar-refractivity contribution < 1.29 is 34.9 Å². The molecule has 0 aliphatic heterocycles. The molecule has 0 heterocycles. The molecule has 0 saturated carbocycles. The lowest BCUT2D eigenvalue weighted by molar-refractivity contribution is 0.381. The van der Waals surface area contributed by atoms with Gasteiger partial charge in [-0.25, -0.2) is 30.4 Å². The van der Waals surface area contributed by atoms with Crippen LogP contribution in [0.1, 0.15) is 0 Å². The van der Waals surface area contributed by atoms with Crippen molar-refractivity contribution >= 4 is 21.7 Å². The second-order valence-electron chi connectivity index (χ2n) is 4.04. The molecule has 0 aromatic heterocycles. The van der Waals surface area contributed by atoms with Crippen LogP contribution in [0.15, 0.2) is 23.1 Å². The van der Waals surface area contributed by atoms with Gasteiger partial charge in [-0.1, -0.05) is 11.6 Å². The summed E-state index contributed by atoms with van der Waals surface area (Å²) in [5, 5.41) is -0.272. The minimum Gasteiger partial charge on any atom is -0.744 e. The molecule has 10 heteroatoms. The highest BCUT2D eigenvalue weighted by molar-refractivity contribution is 7.85. The van der Waals surface area contributed by atoms with Gasteiger partial charge in [0, 0.05) is 10.6 Å². The molecule has 0 radical (unpaired) electrons. The first-order valence-corrected chi connectivity index (χ1v) is 7.11. The first-order valence-electron chi connectivity index (χ1n) is 5.33. The van der Waals surface area contributed by atoms with Crippen molar-refractivity contribution in [3.63, 3.8) is 0 Å². The molecule has 0 N–H and O–H groups in total. The second kappa shape index (κ2) is 5.49. The van der Waals surface area contributed by atoms with E-state index in [0.29, 0.717) is 12.1 Å². The van der Waals surface area contributed by atoms with E-state index in [1.165, 1.54) is 0 Å². The molecule has 0 saturated heterocycles. The first kappa shape index (κ1) is 16.7. The molecule has 0 amide bonds. The summed E-state index contributed by atoms with van der Waals surface area (Å²) in [6, 6.07) is 2.14. The highest BCUT2D eigenvalue weighted by Gasteiger charge is 2.28. The molecule has 22 heavy (non-hydrogen) atoms. The fraction of sp³-hybridized carbons (Fsp3) is 0. The van der Waals surface area contributed by atoms with Gasteiger partial charge < -0.3 is 4.55 Å². The normalized spacial score (nSPS) is 11.8. The maximum Gasteiger partial charge on any atom is 0.200 e. The van der Waals surface area contributed by atoms with E-state index in [1.54, 1.807) is 0 Å². The molecule has 0 unspecified atom stereocenters. The van der Waals surface area contributed by atoms with Crippen LogP contribution in [0.4, 0.5) is 22.0 Å². The zero-order chi connectivity index (χ0) is 16.8. The first-order chi connectivity index (χ1) is 10.1. The van der Waals surface area contributed by atoms with E-state index in [-0.39, 0.29) is 5.02 Å². The molecule has 3 nitrogen and oxygen atoms in total. The van der Waals surface area contributed by atoms with E-state index in [0.717, 1.165) is 6.07 Å². The minimum atomic E-state index is -5.25. The van der Waals surface area contributed by atoms with Crippen LogP contribution in [0.3, 0.4) is 0 Å². The Bertz CT molecular complexity index is 854. The van der Waals surface area contributed by atoms with E-state index in [2.05, 4.69) is 0 Å². The molecule has 0 spiro atoms. The smallest absolute Gasteiger partial charge is 0.200 e. The molecule has 0 atom stereocenters. The van der Waals surface area contributed by atoms with Crippen LogP contribution in [0.5, 0.6) is 0 Å². The molecular formula is C12H3ClF5O3S-. The highest BCUT2D eigenvalue weighted by Crippen LogP contribution is 2.36. The zero-order valence-electron chi connectivity index (χ0n) is 10.1. The topological polar surface area (TPSA) is 57.2 Å². The molecule has 2 rings (SSSR count). The maximum absolute atomic E-state index is 13.7. The summed E-state index contributed by atoms with van der Waals surface area (Å²) in [6.45, 7) is 0. The van der Waals surface area contributed by atoms with Crippen molar-refractivity contribution in [1.82, 2.24) is 0 Å². The Morgan fingerprint density at radius 2 is 1.32 bits per heavy atom. The Labute approximate surface area is 125 Å². The molecule has 0 bridgehead atoms. The molecule has 2 aromatic carbocycles. The van der Waals surface area contributed by atoms with Crippen LogP contribution in [0.25, 0.3) is 11.1 Å². The SMILES string of the molecule is O=S(=O)([O-])c1ccc(Cl)cc1-c1c(F)c(F)c(F)c(F)c1F. The molecule has 0 fully saturated rings. The lowest BCUT2D eigenvalue weighted by Crippen LogP contribution is -2.07. The average molecular weight is 358 g/mol. The fourth-order valence-electron chi connectivity index (χ4n) is 1.76. The molecule has 0 aliphatic rings. The van der Waals surface area contributed by atoms with Gasteiger partial charge in [0.1, 0.15) is 10.1 Å². The maximum atomic E-state index is 13.7. The quantitative estimate of drug-likeness (QED) is 0.357. The summed E-state index contributed by atoms with van der Waals surface area (Å²) in [7, 11) is -5.25. The lowest BCUT2D eigenvalue weighted by Gasteiger charge is -2.15. The van der Waals surface area contributed by atoms with E-state index in [4.69, 9.17) is 11.6 Å². The number of hydrogen-bond acceptors (Lipinski definition) is 3. The molecule has 118 valence electrons. The third kappa shape index (κ3) is 2.67. The van der Waals surface area contributed by atoms with Crippen molar-refractivity contribution in [2.75, 3.05) is 0 Å². The monoisotopic (exact) mass is 357 g/mol. The third-order valence-corrected chi connectivity index (χ3v) is 3.82. The summed E-state index contributed by atoms with van der Waals surface area (Å²) in [5.41, 5.74) is -2.57. The Balaban J connectivity index is 2.99. The predicted molar refractivity (Wildman–Crippen MR) is 64.6 cm³/mol. The van der Waals surface area contributed by atoms with Crippen LogP contribution < -0.4 is 0 Å². The van der Waals surface area contributed by atoms with Gasteiger partial charge in [-0.3, -0.25) is 0 Å². The van der Waals surface area contributed by atoms with Gasteiger partial charge in [0.15, 0.2) is 23.3 Å². The van der Waals surface area contributed by atoms with Gasteiger partial charge >= 0.3 is 0 Å². The van der Waals surface area contributed by atoms with E-state index < -0.39 is 55.2 Å². The van der Waals surface area contributed by atoms with E-state index in [1.807, 2.05) is 0 Å². The van der Waals surface area contributed by atoms with E-state index in [9.17, 15) is 34.9 Å². The predicted octanol–water partition coefficient (Wildman–Crippen LogP) is 3.61. The van der Waals surface area contributed by atoms with Gasteiger partial charge in [0.25, 0.3) is 0 Å². The standard InChI is InChI=1S/C12H4ClF5O3S/c13-4-1-2-6(22(19,20)21)5(3-4)7-8(14)10(16)12(18)11(17)9(7)15/h1-3H,(H,19,20,21)/p-1. The van der Waals surface area contributed by atoms with Crippen LogP contribution in [0, 0.1) is 29.1 Å². The zero-order valence-corrected chi connectivity index (χ0v) is 11.7. The van der Waals surface area contributed by atoms with Gasteiger partial charge in [-0.05, 0) is 18.2 Å². The number of benzene rings is 2. The molecular weight excluding hydrogens is 355 g/mol. The Morgan fingerprint density at radius 3 is 1.77 bits per heavy atom. The number of rotatable bonds is 2. The Kier molecular flexibility index (Phi) is 4.16. The van der Waals surface area contributed by atoms with Gasteiger partial charge in [0.2, 0.25) is 5.82 Å². The number of halogens is 6. The van der Waals surface area contributed by atoms with E-state index >= 15 is 0 Å². The lowest BCUT2D eigenvalue weighted by atomic mass is 10.0. The number of hydrogen-bond donors (Lipinski definition) is 0. The van der Waals surface area contributed by atoms with Crippen molar-refractivity contribution in [2.45, 2.75) is 4.90 Å². The molecule has 0 aliphatic carbocycles. The van der Waals surface area contributed by atoms with Gasteiger partial charge in [-0.2, -0.15) is 0 Å². The summed E-state index contributed by atoms with van der Waals surface area (Å²) in [4.78, 5) is -1.17. The summed E-state index contributed by atoms with van der Waals surface area (Å²) >= 11 is 5.53. The Hall–Kier alpha value is -1.71. The summed E-state index contributed by atoms with van der Waals surface area (Å²) in [5.74, 6) is -11.5. The van der Waals surface area contributed by atoms with Gasteiger partial charge in [0.05, 0.1) is 10.5 Å². The minimum absolute atomic E-state index is 0.272. The van der Waals surface area contributed by atoms with Gasteiger partial charge in [-0.15, -0.1) is 0 Å². The van der Waals surface area contributed by atoms with Crippen LogP contribution in [-0.4, -0.2) is 13.0 Å². The van der Waals surface area contributed by atoms with Crippen molar-refractivity contribution in [3.05, 3.63) is 52.3 Å². The highest BCUT2D eigenvalue weighted by atomic mass is 35.5. The Morgan fingerprint density at radius 1 is 0.864 bits per heavy atom. The molecule has 2 aromatic rings. The van der Waals surface area contributed by atoms with Crippen LogP contribution >= 0.6 is 11.6 Å². The summed E-state index contributed by atoms with van der Waals surface area (Å²) < 4.78 is 100. The fourth-order valence-corrected chi connectivity index (χ4v) is 2.59. The summed E-state index contributed by atoms with van der Waals surface area (Å²) in [6.07, 6.45) is 0. The third-order valence-electron chi connectivity index (χ3n) is 2.69. The van der Waals surface area contributed by atoms with Crippen molar-refractivity contribution in [2.24, 2.45) is 0 Å². The van der Waals surface area contributed by atoms with Crippen molar-refractivity contribution in [1.29, 1.82) is 0 Å². The average Bonchev–Trinajstić information content (AvgIpc) is 2.42. The largest absolute Gasteiger partial charge is 0.744 e. The van der Waals surface area contributed by atoms with Crippen LogP contribution in [-0.2, 0) is 10.1 Å².